The minimum absolute atomic E-state index is 0.276. The zero-order valence-corrected chi connectivity index (χ0v) is 10.6. The second-order valence-corrected chi connectivity index (χ2v) is 6.26. The van der Waals surface area contributed by atoms with Gasteiger partial charge in [0.05, 0.1) is 10.7 Å². The Kier molecular flexibility index (Phi) is 2.99. The molecule has 2 aliphatic carbocycles. The molecule has 3 heteroatoms. The molecule has 3 rings (SSSR count). The maximum atomic E-state index is 6.16. The molecule has 0 spiro atoms. The van der Waals surface area contributed by atoms with Gasteiger partial charge in [-0.05, 0) is 32.1 Å². The van der Waals surface area contributed by atoms with Gasteiger partial charge in [-0.2, -0.15) is 0 Å². The van der Waals surface area contributed by atoms with Crippen LogP contribution in [-0.4, -0.2) is 4.98 Å². The van der Waals surface area contributed by atoms with Gasteiger partial charge in [0.15, 0.2) is 0 Å². The van der Waals surface area contributed by atoms with Crippen LogP contribution in [-0.2, 0) is 6.42 Å². The lowest BCUT2D eigenvalue weighted by Crippen LogP contribution is -2.15. The van der Waals surface area contributed by atoms with Crippen LogP contribution in [0.1, 0.15) is 72.5 Å². The molecule has 2 nitrogen and oxygen atoms in total. The predicted octanol–water partition coefficient (Wildman–Crippen LogP) is 3.53. The van der Waals surface area contributed by atoms with Crippen LogP contribution in [0.25, 0.3) is 0 Å². The second-order valence-electron chi connectivity index (χ2n) is 5.20. The Hall–Kier alpha value is -0.410. The third kappa shape index (κ3) is 1.91. The summed E-state index contributed by atoms with van der Waals surface area (Å²) in [4.78, 5) is 6.26. The Bertz CT molecular complexity index is 366. The highest BCUT2D eigenvalue weighted by molar-refractivity contribution is 7.12. The van der Waals surface area contributed by atoms with E-state index in [4.69, 9.17) is 10.7 Å². The average molecular weight is 236 g/mol. The summed E-state index contributed by atoms with van der Waals surface area (Å²) in [5.74, 6) is 0.747. The van der Waals surface area contributed by atoms with Crippen molar-refractivity contribution >= 4 is 11.3 Å². The Morgan fingerprint density at radius 3 is 2.62 bits per heavy atom. The summed E-state index contributed by atoms with van der Waals surface area (Å²) in [5, 5.41) is 1.39. The van der Waals surface area contributed by atoms with E-state index in [2.05, 4.69) is 0 Å². The first kappa shape index (κ1) is 10.7. The van der Waals surface area contributed by atoms with Gasteiger partial charge in [-0.1, -0.05) is 19.3 Å². The van der Waals surface area contributed by atoms with Crippen molar-refractivity contribution in [1.82, 2.24) is 4.98 Å². The van der Waals surface area contributed by atoms with Crippen molar-refractivity contribution in [1.29, 1.82) is 0 Å². The van der Waals surface area contributed by atoms with Gasteiger partial charge in [-0.25, -0.2) is 4.98 Å². The van der Waals surface area contributed by atoms with E-state index in [1.165, 1.54) is 54.1 Å². The third-order valence-electron chi connectivity index (χ3n) is 3.96. The fourth-order valence-electron chi connectivity index (χ4n) is 3.00. The molecule has 0 aliphatic heterocycles. The number of hydrogen-bond acceptors (Lipinski definition) is 3. The average Bonchev–Trinajstić information content (AvgIpc) is 2.76. The molecule has 1 heterocycles. The molecule has 0 amide bonds. The highest BCUT2D eigenvalue weighted by Gasteiger charge is 2.25. The van der Waals surface area contributed by atoms with E-state index in [9.17, 15) is 0 Å². The van der Waals surface area contributed by atoms with Gasteiger partial charge in [0.1, 0.15) is 0 Å². The summed E-state index contributed by atoms with van der Waals surface area (Å²) in [6, 6.07) is 0.276. The highest BCUT2D eigenvalue weighted by Crippen LogP contribution is 2.39. The van der Waals surface area contributed by atoms with Crippen LogP contribution in [0.15, 0.2) is 0 Å². The molecule has 1 fully saturated rings. The van der Waals surface area contributed by atoms with Crippen LogP contribution in [0.4, 0.5) is 0 Å². The smallest absolute Gasteiger partial charge is 0.0962 e. The number of aryl methyl sites for hydroxylation is 1. The lowest BCUT2D eigenvalue weighted by molar-refractivity contribution is 0.441. The summed E-state index contributed by atoms with van der Waals surface area (Å²) in [6.07, 6.45) is 10.4. The first-order valence-corrected chi connectivity index (χ1v) is 7.41. The Morgan fingerprint density at radius 2 is 1.88 bits per heavy atom. The lowest BCUT2D eigenvalue weighted by Gasteiger charge is -2.18. The third-order valence-corrected chi connectivity index (χ3v) is 5.36. The van der Waals surface area contributed by atoms with E-state index in [0.717, 1.165) is 18.8 Å². The second kappa shape index (κ2) is 4.46. The van der Waals surface area contributed by atoms with Gasteiger partial charge < -0.3 is 5.73 Å². The number of hydrogen-bond donors (Lipinski definition) is 1. The fourth-order valence-corrected chi connectivity index (χ4v) is 4.31. The maximum Gasteiger partial charge on any atom is 0.0962 e. The number of fused-ring (bicyclic) bond motifs is 1. The molecule has 1 unspecified atom stereocenters. The monoisotopic (exact) mass is 236 g/mol. The SMILES string of the molecule is NC1CCCc2nc(C3CCCCC3)sc21. The van der Waals surface area contributed by atoms with Gasteiger partial charge in [-0.15, -0.1) is 11.3 Å². The standard InChI is InChI=1S/C13H20N2S/c14-10-7-4-8-11-12(10)16-13(15-11)9-5-2-1-3-6-9/h9-10H,1-8,14H2. The first-order valence-electron chi connectivity index (χ1n) is 6.59. The van der Waals surface area contributed by atoms with Gasteiger partial charge >= 0.3 is 0 Å². The van der Waals surface area contributed by atoms with E-state index in [1.807, 2.05) is 11.3 Å². The minimum atomic E-state index is 0.276. The molecule has 16 heavy (non-hydrogen) atoms. The summed E-state index contributed by atoms with van der Waals surface area (Å²) in [6.45, 7) is 0. The van der Waals surface area contributed by atoms with Crippen LogP contribution in [0.5, 0.6) is 0 Å². The molecular formula is C13H20N2S. The number of aromatic nitrogens is 1. The van der Waals surface area contributed by atoms with E-state index in [0.29, 0.717) is 0 Å². The van der Waals surface area contributed by atoms with Crippen LogP contribution >= 0.6 is 11.3 Å². The summed E-state index contributed by atoms with van der Waals surface area (Å²) in [5.41, 5.74) is 7.48. The normalized spacial score (nSPS) is 26.7. The molecule has 2 aliphatic rings. The van der Waals surface area contributed by atoms with E-state index in [1.54, 1.807) is 0 Å². The predicted molar refractivity (Wildman–Crippen MR) is 67.8 cm³/mol. The molecule has 0 saturated heterocycles. The van der Waals surface area contributed by atoms with Gasteiger partial charge in [0, 0.05) is 16.8 Å². The summed E-state index contributed by atoms with van der Waals surface area (Å²) >= 11 is 1.91. The number of nitrogens with zero attached hydrogens (tertiary/aromatic N) is 1. The zero-order chi connectivity index (χ0) is 11.0. The topological polar surface area (TPSA) is 38.9 Å². The van der Waals surface area contributed by atoms with Crippen molar-refractivity contribution in [2.75, 3.05) is 0 Å². The molecule has 1 saturated carbocycles. The van der Waals surface area contributed by atoms with Crippen molar-refractivity contribution in [2.24, 2.45) is 5.73 Å². The summed E-state index contributed by atoms with van der Waals surface area (Å²) in [7, 11) is 0. The largest absolute Gasteiger partial charge is 0.323 e. The van der Waals surface area contributed by atoms with Crippen molar-refractivity contribution in [2.45, 2.75) is 63.3 Å². The highest BCUT2D eigenvalue weighted by atomic mass is 32.1. The van der Waals surface area contributed by atoms with Gasteiger partial charge in [0.25, 0.3) is 0 Å². The molecule has 0 bridgehead atoms. The van der Waals surface area contributed by atoms with Crippen LogP contribution in [0, 0.1) is 0 Å². The quantitative estimate of drug-likeness (QED) is 0.810. The van der Waals surface area contributed by atoms with Crippen molar-refractivity contribution in [3.63, 3.8) is 0 Å². The molecule has 1 aromatic rings. The number of thiazole rings is 1. The maximum absolute atomic E-state index is 6.16. The minimum Gasteiger partial charge on any atom is -0.323 e. The Balaban J connectivity index is 1.85. The van der Waals surface area contributed by atoms with E-state index in [-0.39, 0.29) is 6.04 Å². The van der Waals surface area contributed by atoms with E-state index >= 15 is 0 Å². The number of rotatable bonds is 1. The lowest BCUT2D eigenvalue weighted by atomic mass is 9.90. The van der Waals surface area contributed by atoms with Crippen LogP contribution < -0.4 is 5.73 Å². The molecule has 1 aromatic heterocycles. The van der Waals surface area contributed by atoms with Crippen LogP contribution in [0.3, 0.4) is 0 Å². The van der Waals surface area contributed by atoms with Gasteiger partial charge in [0.2, 0.25) is 0 Å². The molecule has 1 atom stereocenters. The number of nitrogens with two attached hydrogens (primary N) is 1. The molecule has 0 radical (unpaired) electrons. The Morgan fingerprint density at radius 1 is 1.06 bits per heavy atom. The molecular weight excluding hydrogens is 216 g/mol. The molecule has 88 valence electrons. The fraction of sp³-hybridized carbons (Fsp3) is 0.769. The molecule has 0 aromatic carbocycles. The van der Waals surface area contributed by atoms with E-state index < -0.39 is 0 Å². The van der Waals surface area contributed by atoms with Crippen LogP contribution in [0.2, 0.25) is 0 Å². The summed E-state index contributed by atoms with van der Waals surface area (Å²) < 4.78 is 0. The van der Waals surface area contributed by atoms with Crippen molar-refractivity contribution in [3.05, 3.63) is 15.6 Å². The first-order chi connectivity index (χ1) is 7.84. The zero-order valence-electron chi connectivity index (χ0n) is 9.74. The molecule has 2 N–H and O–H groups in total. The van der Waals surface area contributed by atoms with Crippen molar-refractivity contribution in [3.8, 4) is 0 Å². The van der Waals surface area contributed by atoms with Gasteiger partial charge in [-0.3, -0.25) is 0 Å². The Labute approximate surface area is 101 Å². The van der Waals surface area contributed by atoms with Crippen molar-refractivity contribution < 1.29 is 0 Å².